The van der Waals surface area contributed by atoms with Crippen molar-refractivity contribution in [1.29, 1.82) is 0 Å². The summed E-state index contributed by atoms with van der Waals surface area (Å²) in [5, 5.41) is 0. The van der Waals surface area contributed by atoms with E-state index >= 15 is 0 Å². The van der Waals surface area contributed by atoms with Gasteiger partial charge in [-0.2, -0.15) is 30.7 Å². The molecule has 2 aromatic rings. The van der Waals surface area contributed by atoms with Crippen LogP contribution in [0.2, 0.25) is 0 Å². The maximum absolute atomic E-state index is 13.3. The smallest absolute Gasteiger partial charge is 0.455 e. The van der Waals surface area contributed by atoms with E-state index in [0.29, 0.717) is 11.1 Å². The molecule has 9 heteroatoms. The second kappa shape index (κ2) is 6.24. The number of fused-ring (bicyclic) bond motifs is 3. The molecule has 144 valence electrons. The Balaban J connectivity index is 1.81. The number of halogens is 7. The molecule has 2 aromatic carbocycles. The fraction of sp³-hybridized carbons (Fsp3) is 0.278. The molecule has 0 amide bonds. The molecular formula is C18H11F7O2. The molecule has 0 unspecified atom stereocenters. The first-order chi connectivity index (χ1) is 12.5. The van der Waals surface area contributed by atoms with E-state index in [1.807, 2.05) is 0 Å². The summed E-state index contributed by atoms with van der Waals surface area (Å²) in [5.41, 5.74) is 2.61. The molecule has 0 bridgehead atoms. The third kappa shape index (κ3) is 3.15. The van der Waals surface area contributed by atoms with Crippen molar-refractivity contribution in [3.8, 4) is 11.1 Å². The summed E-state index contributed by atoms with van der Waals surface area (Å²) in [6, 6.07) is 11.5. The molecule has 0 saturated carbocycles. The van der Waals surface area contributed by atoms with Gasteiger partial charge in [-0.1, -0.05) is 36.4 Å². The topological polar surface area (TPSA) is 26.3 Å². The van der Waals surface area contributed by atoms with E-state index in [1.165, 1.54) is 12.1 Å². The van der Waals surface area contributed by atoms with Crippen LogP contribution in [0.25, 0.3) is 11.1 Å². The number of carbonyl (C=O) groups is 1. The molecule has 2 nitrogen and oxygen atoms in total. The highest BCUT2D eigenvalue weighted by Gasteiger charge is 2.73. The summed E-state index contributed by atoms with van der Waals surface area (Å²) < 4.78 is 93.0. The van der Waals surface area contributed by atoms with Gasteiger partial charge in [0.2, 0.25) is 0 Å². The summed E-state index contributed by atoms with van der Waals surface area (Å²) in [5.74, 6) is -13.3. The van der Waals surface area contributed by atoms with Gasteiger partial charge in [-0.15, -0.1) is 0 Å². The van der Waals surface area contributed by atoms with Crippen LogP contribution >= 0.6 is 0 Å². The maximum Gasteiger partial charge on any atom is 0.460 e. The molecule has 3 rings (SSSR count). The highest BCUT2D eigenvalue weighted by atomic mass is 19.4. The predicted molar refractivity (Wildman–Crippen MR) is 80.9 cm³/mol. The molecule has 1 aliphatic carbocycles. The minimum absolute atomic E-state index is 0.158. The van der Waals surface area contributed by atoms with Crippen LogP contribution in [0.3, 0.4) is 0 Å². The Bertz CT molecular complexity index is 888. The van der Waals surface area contributed by atoms with Crippen LogP contribution in [0.4, 0.5) is 30.7 Å². The first-order valence-corrected chi connectivity index (χ1v) is 7.65. The number of hydrogen-bond donors (Lipinski definition) is 0. The van der Waals surface area contributed by atoms with Gasteiger partial charge in [0.15, 0.2) is 6.61 Å². The SMILES string of the molecule is O=C(OCC(F)(F)C(F)(F)C(F)(F)F)c1cccc2c1Cc1ccccc1-2. The highest BCUT2D eigenvalue weighted by Crippen LogP contribution is 2.46. The van der Waals surface area contributed by atoms with Gasteiger partial charge in [0.05, 0.1) is 5.56 Å². The summed E-state index contributed by atoms with van der Waals surface area (Å²) in [6.45, 7) is -2.39. The van der Waals surface area contributed by atoms with Crippen LogP contribution in [0.1, 0.15) is 21.5 Å². The van der Waals surface area contributed by atoms with Gasteiger partial charge in [0, 0.05) is 0 Å². The zero-order valence-corrected chi connectivity index (χ0v) is 13.4. The maximum atomic E-state index is 13.3. The second-order valence-corrected chi connectivity index (χ2v) is 6.02. The predicted octanol–water partition coefficient (Wildman–Crippen LogP) is 5.25. The van der Waals surface area contributed by atoms with Crippen molar-refractivity contribution in [2.24, 2.45) is 0 Å². The molecule has 0 aromatic heterocycles. The van der Waals surface area contributed by atoms with Gasteiger partial charge < -0.3 is 4.74 Å². The van der Waals surface area contributed by atoms with Crippen LogP contribution in [0.5, 0.6) is 0 Å². The van der Waals surface area contributed by atoms with Gasteiger partial charge in [-0.25, -0.2) is 4.79 Å². The standard InChI is InChI=1S/C18H11F7O2/c19-16(20,17(21,22)18(23,24)25)9-27-15(26)13-7-3-6-12-11-5-2-1-4-10(11)8-14(12)13/h1-7H,8-9H2. The van der Waals surface area contributed by atoms with Crippen molar-refractivity contribution >= 4 is 5.97 Å². The molecule has 27 heavy (non-hydrogen) atoms. The van der Waals surface area contributed by atoms with Crippen molar-refractivity contribution in [1.82, 2.24) is 0 Å². The van der Waals surface area contributed by atoms with Crippen molar-refractivity contribution in [2.45, 2.75) is 24.4 Å². The van der Waals surface area contributed by atoms with Crippen LogP contribution < -0.4 is 0 Å². The zero-order chi connectivity index (χ0) is 20.0. The minimum atomic E-state index is -6.47. The number of ether oxygens (including phenoxy) is 1. The lowest BCUT2D eigenvalue weighted by molar-refractivity contribution is -0.359. The lowest BCUT2D eigenvalue weighted by Gasteiger charge is -2.27. The highest BCUT2D eigenvalue weighted by molar-refractivity contribution is 5.95. The molecule has 1 aliphatic rings. The van der Waals surface area contributed by atoms with Crippen molar-refractivity contribution in [3.63, 3.8) is 0 Å². The van der Waals surface area contributed by atoms with E-state index in [1.54, 1.807) is 30.3 Å². The Morgan fingerprint density at radius 2 is 1.52 bits per heavy atom. The first kappa shape index (κ1) is 19.2. The van der Waals surface area contributed by atoms with Crippen molar-refractivity contribution < 1.29 is 40.3 Å². The van der Waals surface area contributed by atoms with Gasteiger partial charge in [0.1, 0.15) is 0 Å². The van der Waals surface area contributed by atoms with Gasteiger partial charge >= 0.3 is 24.0 Å². The molecule has 0 N–H and O–H groups in total. The molecule has 0 atom stereocenters. The van der Waals surface area contributed by atoms with E-state index in [4.69, 9.17) is 0 Å². The van der Waals surface area contributed by atoms with Crippen molar-refractivity contribution in [3.05, 3.63) is 59.2 Å². The second-order valence-electron chi connectivity index (χ2n) is 6.02. The lowest BCUT2D eigenvalue weighted by Crippen LogP contribution is -2.54. The third-order valence-electron chi connectivity index (χ3n) is 4.27. The van der Waals surface area contributed by atoms with Gasteiger partial charge in [-0.3, -0.25) is 0 Å². The monoisotopic (exact) mass is 392 g/mol. The number of esters is 1. The lowest BCUT2D eigenvalue weighted by atomic mass is 10.0. The molecular weight excluding hydrogens is 381 g/mol. The van der Waals surface area contributed by atoms with Gasteiger partial charge in [0.25, 0.3) is 0 Å². The average molecular weight is 392 g/mol. The van der Waals surface area contributed by atoms with Crippen LogP contribution in [-0.4, -0.2) is 30.6 Å². The number of benzene rings is 2. The number of hydrogen-bond acceptors (Lipinski definition) is 2. The average Bonchev–Trinajstić information content (AvgIpc) is 2.97. The summed E-state index contributed by atoms with van der Waals surface area (Å²) >= 11 is 0. The van der Waals surface area contributed by atoms with E-state index in [2.05, 4.69) is 4.74 Å². The Hall–Kier alpha value is -2.58. The van der Waals surface area contributed by atoms with Crippen molar-refractivity contribution in [2.75, 3.05) is 6.61 Å². The Labute approximate surface area is 148 Å². The molecule has 0 spiro atoms. The molecule has 0 aliphatic heterocycles. The quantitative estimate of drug-likeness (QED) is 0.448. The number of rotatable bonds is 4. The summed E-state index contributed by atoms with van der Waals surface area (Å²) in [6.07, 6.45) is -6.19. The van der Waals surface area contributed by atoms with E-state index in [9.17, 15) is 35.5 Å². The molecule has 0 fully saturated rings. The fourth-order valence-corrected chi connectivity index (χ4v) is 2.88. The normalized spacial score (nSPS) is 13.9. The largest absolute Gasteiger partial charge is 0.460 e. The number of alkyl halides is 7. The summed E-state index contributed by atoms with van der Waals surface area (Å²) in [4.78, 5) is 12.1. The van der Waals surface area contributed by atoms with E-state index < -0.39 is 30.6 Å². The van der Waals surface area contributed by atoms with E-state index in [-0.39, 0.29) is 12.0 Å². The fourth-order valence-electron chi connectivity index (χ4n) is 2.88. The van der Waals surface area contributed by atoms with Crippen LogP contribution in [0, 0.1) is 0 Å². The van der Waals surface area contributed by atoms with Crippen LogP contribution in [0.15, 0.2) is 42.5 Å². The minimum Gasteiger partial charge on any atom is -0.455 e. The molecule has 0 heterocycles. The summed E-state index contributed by atoms with van der Waals surface area (Å²) in [7, 11) is 0. The first-order valence-electron chi connectivity index (χ1n) is 7.65. The Morgan fingerprint density at radius 3 is 2.19 bits per heavy atom. The zero-order valence-electron chi connectivity index (χ0n) is 13.4. The number of carbonyl (C=O) groups excluding carboxylic acids is 1. The van der Waals surface area contributed by atoms with E-state index in [0.717, 1.165) is 11.1 Å². The van der Waals surface area contributed by atoms with Crippen LogP contribution in [-0.2, 0) is 11.2 Å². The molecule has 0 radical (unpaired) electrons. The Kier molecular flexibility index (Phi) is 4.44. The molecule has 0 saturated heterocycles. The Morgan fingerprint density at radius 1 is 0.889 bits per heavy atom. The van der Waals surface area contributed by atoms with Gasteiger partial charge in [-0.05, 0) is 34.7 Å². The third-order valence-corrected chi connectivity index (χ3v) is 4.27.